The molecule has 0 heterocycles. The van der Waals surface area contributed by atoms with Gasteiger partial charge in [-0.2, -0.15) is 0 Å². The van der Waals surface area contributed by atoms with Crippen molar-refractivity contribution in [2.45, 2.75) is 45.5 Å². The van der Waals surface area contributed by atoms with Gasteiger partial charge in [0, 0.05) is 0 Å². The van der Waals surface area contributed by atoms with Crippen LogP contribution in [0.15, 0.2) is 11.1 Å². The van der Waals surface area contributed by atoms with Gasteiger partial charge in [0.15, 0.2) is 8.32 Å². The molecule has 0 aliphatic carbocycles. The summed E-state index contributed by atoms with van der Waals surface area (Å²) in [6.07, 6.45) is 3.04. The van der Waals surface area contributed by atoms with E-state index in [1.807, 2.05) is 4.99 Å². The predicted octanol–water partition coefficient (Wildman–Crippen LogP) is 3.92. The van der Waals surface area contributed by atoms with E-state index in [1.165, 1.54) is 0 Å². The third-order valence-electron chi connectivity index (χ3n) is 1.28. The van der Waals surface area contributed by atoms with E-state index >= 15 is 0 Å². The lowest BCUT2D eigenvalue weighted by Gasteiger charge is -2.32. The molecule has 0 aromatic carbocycles. The van der Waals surface area contributed by atoms with Crippen molar-refractivity contribution in [3.63, 3.8) is 0 Å². The van der Waals surface area contributed by atoms with Crippen LogP contribution in [0.4, 0.5) is 0 Å². The molecule has 0 aromatic heterocycles. The molecule has 0 aliphatic rings. The maximum Gasteiger partial charge on any atom is 0.184 e. The highest BCUT2D eigenvalue weighted by Gasteiger charge is 2.25. The minimum absolute atomic E-state index is 0.0191. The number of rotatable bonds is 4. The van der Waals surface area contributed by atoms with Crippen molar-refractivity contribution in [2.24, 2.45) is 0 Å². The Morgan fingerprint density at radius 3 is 2.17 bits per heavy atom. The van der Waals surface area contributed by atoms with Crippen molar-refractivity contribution in [2.75, 3.05) is 0 Å². The highest BCUT2D eigenvalue weighted by Crippen LogP contribution is 2.21. The Morgan fingerprint density at radius 1 is 1.33 bits per heavy atom. The highest BCUT2D eigenvalue weighted by atomic mass is 79.9. The molecule has 0 bridgehead atoms. The second-order valence-electron chi connectivity index (χ2n) is 4.54. The molecule has 0 aliphatic heterocycles. The van der Waals surface area contributed by atoms with Crippen LogP contribution in [0.2, 0.25) is 19.6 Å². The Hall–Kier alpha value is 0.397. The molecule has 0 amide bonds. The lowest BCUT2D eigenvalue weighted by atomic mass is 10.1. The third-order valence-corrected chi connectivity index (χ3v) is 2.82. The zero-order chi connectivity index (χ0) is 9.83. The van der Waals surface area contributed by atoms with Crippen LogP contribution in [0, 0.1) is 0 Å². The van der Waals surface area contributed by atoms with E-state index in [4.69, 9.17) is 4.43 Å². The van der Waals surface area contributed by atoms with Gasteiger partial charge in [0.2, 0.25) is 0 Å². The fourth-order valence-corrected chi connectivity index (χ4v) is 3.13. The van der Waals surface area contributed by atoms with Crippen LogP contribution >= 0.6 is 15.9 Å². The average molecular weight is 251 g/mol. The third kappa shape index (κ3) is 7.07. The van der Waals surface area contributed by atoms with Gasteiger partial charge >= 0.3 is 0 Å². The first-order valence-electron chi connectivity index (χ1n) is 4.22. The smallest absolute Gasteiger partial charge is 0.184 e. The zero-order valence-corrected chi connectivity index (χ0v) is 11.2. The number of hydrogen-bond donors (Lipinski definition) is 0. The minimum Gasteiger partial charge on any atom is -0.412 e. The molecule has 0 N–H and O–H groups in total. The van der Waals surface area contributed by atoms with Crippen LogP contribution in [0.3, 0.4) is 0 Å². The first kappa shape index (κ1) is 12.4. The lowest BCUT2D eigenvalue weighted by Crippen LogP contribution is -2.37. The van der Waals surface area contributed by atoms with Gasteiger partial charge in [-0.3, -0.25) is 0 Å². The summed E-state index contributed by atoms with van der Waals surface area (Å²) in [5.41, 5.74) is -0.0191. The van der Waals surface area contributed by atoms with Crippen molar-refractivity contribution < 1.29 is 4.43 Å². The van der Waals surface area contributed by atoms with Crippen molar-refractivity contribution in [1.82, 2.24) is 0 Å². The molecule has 0 rings (SSSR count). The van der Waals surface area contributed by atoms with Crippen molar-refractivity contribution >= 4 is 24.2 Å². The maximum absolute atomic E-state index is 5.99. The summed E-state index contributed by atoms with van der Waals surface area (Å²) in [5, 5.41) is 0. The van der Waals surface area contributed by atoms with Gasteiger partial charge in [0.1, 0.15) is 0 Å². The first-order valence-corrected chi connectivity index (χ1v) is 8.55. The second-order valence-corrected chi connectivity index (χ2v) is 9.50. The Morgan fingerprint density at radius 2 is 1.83 bits per heavy atom. The summed E-state index contributed by atoms with van der Waals surface area (Å²) in [6.45, 7) is 10.9. The molecule has 0 spiro atoms. The van der Waals surface area contributed by atoms with E-state index in [0.717, 1.165) is 6.42 Å². The van der Waals surface area contributed by atoms with Gasteiger partial charge in [-0.05, 0) is 44.9 Å². The Balaban J connectivity index is 4.04. The monoisotopic (exact) mass is 250 g/mol. The summed E-state index contributed by atoms with van der Waals surface area (Å²) in [5.74, 6) is 0. The Kier molecular flexibility index (Phi) is 4.73. The summed E-state index contributed by atoms with van der Waals surface area (Å²) >= 11 is 3.26. The van der Waals surface area contributed by atoms with Gasteiger partial charge in [0.25, 0.3) is 0 Å². The van der Waals surface area contributed by atoms with Crippen LogP contribution in [0.1, 0.15) is 20.3 Å². The molecule has 12 heavy (non-hydrogen) atoms. The van der Waals surface area contributed by atoms with Crippen LogP contribution in [0.5, 0.6) is 0 Å². The van der Waals surface area contributed by atoms with Gasteiger partial charge in [-0.25, -0.2) is 0 Å². The average Bonchev–Trinajstić information content (AvgIpc) is 1.78. The van der Waals surface area contributed by atoms with Crippen LogP contribution in [-0.2, 0) is 4.43 Å². The van der Waals surface area contributed by atoms with Gasteiger partial charge in [-0.15, -0.1) is 0 Å². The molecule has 0 unspecified atom stereocenters. The molecule has 3 heteroatoms. The van der Waals surface area contributed by atoms with Gasteiger partial charge in [-0.1, -0.05) is 22.0 Å². The van der Waals surface area contributed by atoms with Crippen LogP contribution in [0.25, 0.3) is 0 Å². The molecule has 0 saturated heterocycles. The molecule has 1 nitrogen and oxygen atoms in total. The normalized spacial score (nSPS) is 14.2. The van der Waals surface area contributed by atoms with E-state index in [9.17, 15) is 0 Å². The maximum atomic E-state index is 5.99. The van der Waals surface area contributed by atoms with Crippen molar-refractivity contribution in [1.29, 1.82) is 0 Å². The first-order chi connectivity index (χ1) is 5.27. The molecule has 0 fully saturated rings. The largest absolute Gasteiger partial charge is 0.412 e. The molecule has 72 valence electrons. The summed E-state index contributed by atoms with van der Waals surface area (Å²) in [7, 11) is -1.39. The van der Waals surface area contributed by atoms with E-state index in [-0.39, 0.29) is 5.60 Å². The Labute approximate surface area is 85.5 Å². The summed E-state index contributed by atoms with van der Waals surface area (Å²) < 4.78 is 5.99. The molecule has 0 saturated carbocycles. The highest BCUT2D eigenvalue weighted by molar-refractivity contribution is 9.11. The topological polar surface area (TPSA) is 9.23 Å². The van der Waals surface area contributed by atoms with E-state index in [0.29, 0.717) is 0 Å². The van der Waals surface area contributed by atoms with Crippen LogP contribution in [-0.4, -0.2) is 13.9 Å². The summed E-state index contributed by atoms with van der Waals surface area (Å²) in [4.78, 5) is 1.89. The Bertz CT molecular complexity index is 158. The quantitative estimate of drug-likeness (QED) is 0.688. The second kappa shape index (κ2) is 4.58. The SMILES string of the molecule is CC(C)(CC=CBr)O[Si](C)(C)C. The summed E-state index contributed by atoms with van der Waals surface area (Å²) in [6, 6.07) is 0. The fraction of sp³-hybridized carbons (Fsp3) is 0.778. The standard InChI is InChI=1S/C9H19BrOSi/c1-9(2,7-6-8-10)11-12(3,4)5/h6,8H,7H2,1-5H3. The van der Waals surface area contributed by atoms with E-state index in [1.54, 1.807) is 0 Å². The zero-order valence-electron chi connectivity index (χ0n) is 8.65. The molecular formula is C9H19BrOSi. The van der Waals surface area contributed by atoms with Crippen molar-refractivity contribution in [3.05, 3.63) is 11.1 Å². The predicted molar refractivity (Wildman–Crippen MR) is 61.2 cm³/mol. The minimum atomic E-state index is -1.39. The van der Waals surface area contributed by atoms with E-state index < -0.39 is 8.32 Å². The molecule has 0 atom stereocenters. The van der Waals surface area contributed by atoms with Crippen molar-refractivity contribution in [3.8, 4) is 0 Å². The fourth-order valence-electron chi connectivity index (χ4n) is 1.20. The molecule has 0 radical (unpaired) electrons. The molecular weight excluding hydrogens is 232 g/mol. The number of halogens is 1. The van der Waals surface area contributed by atoms with Crippen LogP contribution < -0.4 is 0 Å². The molecule has 0 aromatic rings. The van der Waals surface area contributed by atoms with Gasteiger partial charge in [0.05, 0.1) is 5.60 Å². The van der Waals surface area contributed by atoms with E-state index in [2.05, 4.69) is 55.5 Å². The van der Waals surface area contributed by atoms with Gasteiger partial charge < -0.3 is 4.43 Å². The number of hydrogen-bond acceptors (Lipinski definition) is 1. The lowest BCUT2D eigenvalue weighted by molar-refractivity contribution is 0.105.